The third kappa shape index (κ3) is 4.86. The normalized spacial score (nSPS) is 10.4. The van der Waals surface area contributed by atoms with Crippen LogP contribution >= 0.6 is 0 Å². The van der Waals surface area contributed by atoms with E-state index >= 15 is 0 Å². The second-order valence-corrected chi connectivity index (χ2v) is 5.91. The predicted molar refractivity (Wildman–Crippen MR) is 99.8 cm³/mol. The van der Waals surface area contributed by atoms with Gasteiger partial charge >= 0.3 is 0 Å². The first-order valence-electron chi connectivity index (χ1n) is 8.28. The highest BCUT2D eigenvalue weighted by Crippen LogP contribution is 2.10. The van der Waals surface area contributed by atoms with Crippen LogP contribution in [0.3, 0.4) is 0 Å². The number of rotatable bonds is 6. The minimum Gasteiger partial charge on any atom is -0.368 e. The number of nitrogens with zero attached hydrogens (tertiary/aromatic N) is 2. The Hall–Kier alpha value is -3.28. The van der Waals surface area contributed by atoms with Crippen molar-refractivity contribution >= 4 is 17.4 Å². The summed E-state index contributed by atoms with van der Waals surface area (Å²) < 4.78 is 12.9. The maximum Gasteiger partial charge on any atom is 0.275 e. The number of benzene rings is 2. The topological polar surface area (TPSA) is 66.9 Å². The van der Waals surface area contributed by atoms with E-state index in [1.54, 1.807) is 12.1 Å². The Morgan fingerprint density at radius 2 is 1.73 bits per heavy atom. The van der Waals surface area contributed by atoms with Crippen molar-refractivity contribution in [3.63, 3.8) is 0 Å². The Morgan fingerprint density at radius 3 is 2.38 bits per heavy atom. The molecule has 2 N–H and O–H groups in total. The van der Waals surface area contributed by atoms with Gasteiger partial charge in [0.1, 0.15) is 17.3 Å². The lowest BCUT2D eigenvalue weighted by atomic mass is 10.1. The van der Waals surface area contributed by atoms with Gasteiger partial charge in [-0.1, -0.05) is 29.8 Å². The van der Waals surface area contributed by atoms with E-state index < -0.39 is 0 Å². The van der Waals surface area contributed by atoms with E-state index in [0.29, 0.717) is 18.1 Å². The van der Waals surface area contributed by atoms with Crippen LogP contribution in [0.1, 0.15) is 21.6 Å². The lowest BCUT2D eigenvalue weighted by Gasteiger charge is -2.07. The largest absolute Gasteiger partial charge is 0.368 e. The summed E-state index contributed by atoms with van der Waals surface area (Å²) >= 11 is 0. The number of aryl methyl sites for hydroxylation is 1. The van der Waals surface area contributed by atoms with Gasteiger partial charge in [-0.25, -0.2) is 14.4 Å². The Balaban J connectivity index is 1.51. The summed E-state index contributed by atoms with van der Waals surface area (Å²) in [6.45, 7) is 2.62. The van der Waals surface area contributed by atoms with Crippen molar-refractivity contribution in [2.75, 3.05) is 17.2 Å². The molecule has 0 radical (unpaired) electrons. The Bertz CT molecular complexity index is 862. The summed E-state index contributed by atoms with van der Waals surface area (Å²) in [6, 6.07) is 13.9. The standard InChI is InChI=1S/C20H19FN4O/c1-14-2-8-17(9-3-14)25-20(26)18-12-24-19(13-23-18)22-11-10-15-4-6-16(21)7-5-15/h2-9,12-13H,10-11H2,1H3,(H,22,24)(H,25,26). The SMILES string of the molecule is Cc1ccc(NC(=O)c2cnc(NCCc3ccc(F)cc3)cn2)cc1. The molecule has 1 amide bonds. The summed E-state index contributed by atoms with van der Waals surface area (Å²) in [5, 5.41) is 5.91. The molecule has 1 heterocycles. The van der Waals surface area contributed by atoms with Crippen LogP contribution in [0.25, 0.3) is 0 Å². The molecule has 3 rings (SSSR count). The lowest BCUT2D eigenvalue weighted by Crippen LogP contribution is -2.15. The van der Waals surface area contributed by atoms with Crippen molar-refractivity contribution < 1.29 is 9.18 Å². The van der Waals surface area contributed by atoms with Gasteiger partial charge in [-0.05, 0) is 43.2 Å². The zero-order valence-corrected chi connectivity index (χ0v) is 14.4. The molecular weight excluding hydrogens is 331 g/mol. The first kappa shape index (κ1) is 17.5. The lowest BCUT2D eigenvalue weighted by molar-refractivity contribution is 0.102. The van der Waals surface area contributed by atoms with Gasteiger partial charge in [0.2, 0.25) is 0 Å². The van der Waals surface area contributed by atoms with Crippen LogP contribution in [0.2, 0.25) is 0 Å². The van der Waals surface area contributed by atoms with Crippen molar-refractivity contribution in [3.05, 3.63) is 83.6 Å². The molecule has 26 heavy (non-hydrogen) atoms. The molecule has 0 spiro atoms. The van der Waals surface area contributed by atoms with Crippen LogP contribution in [0.5, 0.6) is 0 Å². The van der Waals surface area contributed by atoms with E-state index in [-0.39, 0.29) is 17.4 Å². The molecule has 3 aromatic rings. The molecule has 1 aromatic heterocycles. The molecule has 0 saturated carbocycles. The quantitative estimate of drug-likeness (QED) is 0.709. The third-order valence-electron chi connectivity index (χ3n) is 3.83. The molecule has 0 atom stereocenters. The van der Waals surface area contributed by atoms with Gasteiger partial charge in [-0.15, -0.1) is 0 Å². The fourth-order valence-corrected chi connectivity index (χ4v) is 2.35. The number of hydrogen-bond acceptors (Lipinski definition) is 4. The fourth-order valence-electron chi connectivity index (χ4n) is 2.35. The van der Waals surface area contributed by atoms with Gasteiger partial charge in [-0.2, -0.15) is 0 Å². The first-order chi connectivity index (χ1) is 12.6. The molecule has 132 valence electrons. The van der Waals surface area contributed by atoms with E-state index in [0.717, 1.165) is 17.5 Å². The van der Waals surface area contributed by atoms with Crippen molar-refractivity contribution in [1.82, 2.24) is 9.97 Å². The van der Waals surface area contributed by atoms with E-state index in [1.807, 2.05) is 31.2 Å². The second-order valence-electron chi connectivity index (χ2n) is 5.91. The Kier molecular flexibility index (Phi) is 5.53. The van der Waals surface area contributed by atoms with Crippen LogP contribution in [-0.4, -0.2) is 22.4 Å². The number of anilines is 2. The average Bonchev–Trinajstić information content (AvgIpc) is 2.66. The highest BCUT2D eigenvalue weighted by Gasteiger charge is 2.08. The summed E-state index contributed by atoms with van der Waals surface area (Å²) in [5.74, 6) is 0.0327. The van der Waals surface area contributed by atoms with Crippen molar-refractivity contribution in [2.24, 2.45) is 0 Å². The monoisotopic (exact) mass is 350 g/mol. The first-order valence-corrected chi connectivity index (χ1v) is 8.28. The van der Waals surface area contributed by atoms with E-state index in [4.69, 9.17) is 0 Å². The Labute approximate surface area is 151 Å². The van der Waals surface area contributed by atoms with Crippen LogP contribution < -0.4 is 10.6 Å². The van der Waals surface area contributed by atoms with Crippen LogP contribution in [0.15, 0.2) is 60.9 Å². The maximum absolute atomic E-state index is 12.9. The minimum absolute atomic E-state index is 0.243. The van der Waals surface area contributed by atoms with Crippen molar-refractivity contribution in [1.29, 1.82) is 0 Å². The number of nitrogens with one attached hydrogen (secondary N) is 2. The van der Waals surface area contributed by atoms with Gasteiger partial charge in [0.15, 0.2) is 0 Å². The number of hydrogen-bond donors (Lipinski definition) is 2. The van der Waals surface area contributed by atoms with Gasteiger partial charge < -0.3 is 10.6 Å². The van der Waals surface area contributed by atoms with Gasteiger partial charge in [0.25, 0.3) is 5.91 Å². The third-order valence-corrected chi connectivity index (χ3v) is 3.83. The summed E-state index contributed by atoms with van der Waals surface area (Å²) in [7, 11) is 0. The number of amides is 1. The van der Waals surface area contributed by atoms with Crippen LogP contribution in [-0.2, 0) is 6.42 Å². The average molecular weight is 350 g/mol. The maximum atomic E-state index is 12.9. The zero-order chi connectivity index (χ0) is 18.4. The number of halogens is 1. The highest BCUT2D eigenvalue weighted by molar-refractivity contribution is 6.02. The van der Waals surface area contributed by atoms with Gasteiger partial charge in [-0.3, -0.25) is 4.79 Å². The highest BCUT2D eigenvalue weighted by atomic mass is 19.1. The number of carbonyl (C=O) groups is 1. The molecule has 0 fully saturated rings. The van der Waals surface area contributed by atoms with Crippen LogP contribution in [0.4, 0.5) is 15.9 Å². The molecular formula is C20H19FN4O. The number of carbonyl (C=O) groups excluding carboxylic acids is 1. The fraction of sp³-hybridized carbons (Fsp3) is 0.150. The predicted octanol–water partition coefficient (Wildman–Crippen LogP) is 3.83. The zero-order valence-electron chi connectivity index (χ0n) is 14.4. The molecule has 0 aliphatic carbocycles. The Morgan fingerprint density at radius 1 is 1.00 bits per heavy atom. The van der Waals surface area contributed by atoms with E-state index in [1.165, 1.54) is 24.5 Å². The molecule has 6 heteroatoms. The molecule has 2 aromatic carbocycles. The summed E-state index contributed by atoms with van der Waals surface area (Å²) in [5.41, 5.74) is 3.11. The van der Waals surface area contributed by atoms with E-state index in [2.05, 4.69) is 20.6 Å². The molecule has 5 nitrogen and oxygen atoms in total. The smallest absolute Gasteiger partial charge is 0.275 e. The number of aromatic nitrogens is 2. The van der Waals surface area contributed by atoms with Crippen molar-refractivity contribution in [2.45, 2.75) is 13.3 Å². The molecule has 0 aliphatic rings. The van der Waals surface area contributed by atoms with Crippen molar-refractivity contribution in [3.8, 4) is 0 Å². The summed E-state index contributed by atoms with van der Waals surface area (Å²) in [6.07, 6.45) is 3.69. The van der Waals surface area contributed by atoms with Gasteiger partial charge in [0, 0.05) is 12.2 Å². The molecule has 0 saturated heterocycles. The molecule has 0 unspecified atom stereocenters. The second kappa shape index (κ2) is 8.20. The summed E-state index contributed by atoms with van der Waals surface area (Å²) in [4.78, 5) is 20.5. The van der Waals surface area contributed by atoms with E-state index in [9.17, 15) is 9.18 Å². The van der Waals surface area contributed by atoms with Gasteiger partial charge in [0.05, 0.1) is 12.4 Å². The minimum atomic E-state index is -0.306. The van der Waals surface area contributed by atoms with Crippen LogP contribution in [0, 0.1) is 12.7 Å². The molecule has 0 aliphatic heterocycles. The molecule has 0 bridgehead atoms.